The zero-order valence-electron chi connectivity index (χ0n) is 16.6. The summed E-state index contributed by atoms with van der Waals surface area (Å²) < 4.78 is 12.4. The quantitative estimate of drug-likeness (QED) is 0.362. The first kappa shape index (κ1) is 18.9. The molecule has 148 valence electrons. The Hall–Kier alpha value is -3.40. The number of aromatic hydroxyl groups is 2. The van der Waals surface area contributed by atoms with Gasteiger partial charge in [0.2, 0.25) is 0 Å². The van der Waals surface area contributed by atoms with Gasteiger partial charge in [-0.1, -0.05) is 31.5 Å². The lowest BCUT2D eigenvalue weighted by molar-refractivity contribution is 0.310. The summed E-state index contributed by atoms with van der Waals surface area (Å²) in [5.41, 5.74) is 4.21. The van der Waals surface area contributed by atoms with Crippen molar-refractivity contribution in [1.82, 2.24) is 0 Å². The molecule has 0 unspecified atom stereocenters. The lowest BCUT2D eigenvalue weighted by Gasteiger charge is -2.12. The summed E-state index contributed by atoms with van der Waals surface area (Å²) >= 11 is 0. The third kappa shape index (κ3) is 3.66. The summed E-state index contributed by atoms with van der Waals surface area (Å²) in [6, 6.07) is 18.2. The van der Waals surface area contributed by atoms with Crippen LogP contribution in [0, 0.1) is 6.92 Å². The molecule has 4 aromatic rings. The van der Waals surface area contributed by atoms with Gasteiger partial charge in [-0.05, 0) is 61.4 Å². The minimum atomic E-state index is 0.193. The molecule has 29 heavy (non-hydrogen) atoms. The predicted molar refractivity (Wildman–Crippen MR) is 116 cm³/mol. The number of unbranched alkanes of at least 4 members (excludes halogenated alkanes) is 1. The first-order chi connectivity index (χ1) is 14.1. The molecule has 0 saturated carbocycles. The Morgan fingerprint density at radius 1 is 0.931 bits per heavy atom. The zero-order chi connectivity index (χ0) is 20.4. The van der Waals surface area contributed by atoms with E-state index in [1.807, 2.05) is 43.3 Å². The van der Waals surface area contributed by atoms with Crippen molar-refractivity contribution in [2.24, 2.45) is 0 Å². The first-order valence-electron chi connectivity index (χ1n) is 9.86. The second kappa shape index (κ2) is 7.92. The molecule has 3 aromatic carbocycles. The molecule has 0 fully saturated rings. The molecule has 0 spiro atoms. The van der Waals surface area contributed by atoms with E-state index >= 15 is 0 Å². The van der Waals surface area contributed by atoms with Crippen LogP contribution < -0.4 is 4.74 Å². The van der Waals surface area contributed by atoms with Gasteiger partial charge in [0.15, 0.2) is 0 Å². The maximum atomic E-state index is 10.2. The van der Waals surface area contributed by atoms with Gasteiger partial charge in [0.1, 0.15) is 28.6 Å². The fraction of sp³-hybridized carbons (Fsp3) is 0.200. The summed E-state index contributed by atoms with van der Waals surface area (Å²) in [5.74, 6) is 1.85. The average Bonchev–Trinajstić information content (AvgIpc) is 3.08. The third-order valence-corrected chi connectivity index (χ3v) is 5.00. The van der Waals surface area contributed by atoms with Crippen molar-refractivity contribution < 1.29 is 19.4 Å². The number of phenolic OH excluding ortho intramolecular Hbond substituents is 2. The molecule has 4 nitrogen and oxygen atoms in total. The Kier molecular flexibility index (Phi) is 5.17. The number of aryl methyl sites for hydroxylation is 1. The molecule has 0 aliphatic heterocycles. The number of hydrogen-bond donors (Lipinski definition) is 2. The number of ether oxygens (including phenoxy) is 1. The van der Waals surface area contributed by atoms with Gasteiger partial charge in [0.05, 0.1) is 6.61 Å². The maximum absolute atomic E-state index is 10.2. The van der Waals surface area contributed by atoms with Crippen LogP contribution >= 0.6 is 0 Å². The topological polar surface area (TPSA) is 62.8 Å². The van der Waals surface area contributed by atoms with Crippen molar-refractivity contribution >= 4 is 11.0 Å². The van der Waals surface area contributed by atoms with E-state index in [1.54, 1.807) is 24.3 Å². The van der Waals surface area contributed by atoms with Gasteiger partial charge in [0, 0.05) is 22.1 Å². The Bertz CT molecular complexity index is 1140. The number of furan rings is 1. The van der Waals surface area contributed by atoms with Gasteiger partial charge in [-0.25, -0.2) is 0 Å². The lowest BCUT2D eigenvalue weighted by atomic mass is 9.97. The Morgan fingerprint density at radius 3 is 2.45 bits per heavy atom. The fourth-order valence-corrected chi connectivity index (χ4v) is 3.56. The van der Waals surface area contributed by atoms with Gasteiger partial charge >= 0.3 is 0 Å². The van der Waals surface area contributed by atoms with E-state index in [1.165, 1.54) is 0 Å². The first-order valence-corrected chi connectivity index (χ1v) is 9.86. The fourth-order valence-electron chi connectivity index (χ4n) is 3.56. The van der Waals surface area contributed by atoms with E-state index in [9.17, 15) is 10.2 Å². The molecule has 4 rings (SSSR count). The van der Waals surface area contributed by atoms with Crippen molar-refractivity contribution in [3.05, 3.63) is 66.2 Å². The SMILES string of the molecule is CCCCOc1ccccc1-c1c(-c2ccc(O)cc2)oc2c(C)cc(O)cc12. The highest BCUT2D eigenvalue weighted by Gasteiger charge is 2.22. The van der Waals surface area contributed by atoms with E-state index in [4.69, 9.17) is 9.15 Å². The molecule has 1 heterocycles. The molecule has 4 heteroatoms. The highest BCUT2D eigenvalue weighted by Crippen LogP contribution is 2.46. The molecular formula is C25H24O4. The van der Waals surface area contributed by atoms with Gasteiger partial charge in [-0.3, -0.25) is 0 Å². The Labute approximate surface area is 170 Å². The highest BCUT2D eigenvalue weighted by molar-refractivity contribution is 6.04. The number of rotatable bonds is 6. The molecule has 0 aliphatic carbocycles. The summed E-state index contributed by atoms with van der Waals surface area (Å²) in [6.07, 6.45) is 2.04. The van der Waals surface area contributed by atoms with E-state index < -0.39 is 0 Å². The van der Waals surface area contributed by atoms with Crippen molar-refractivity contribution in [3.8, 4) is 39.7 Å². The minimum Gasteiger partial charge on any atom is -0.508 e. The molecule has 0 atom stereocenters. The second-order valence-electron chi connectivity index (χ2n) is 7.19. The maximum Gasteiger partial charge on any atom is 0.143 e. The second-order valence-corrected chi connectivity index (χ2v) is 7.19. The highest BCUT2D eigenvalue weighted by atomic mass is 16.5. The predicted octanol–water partition coefficient (Wildman–Crippen LogP) is 6.67. The normalized spacial score (nSPS) is 11.1. The van der Waals surface area contributed by atoms with Gasteiger partial charge in [-0.2, -0.15) is 0 Å². The summed E-state index contributed by atoms with van der Waals surface area (Å²) in [7, 11) is 0. The summed E-state index contributed by atoms with van der Waals surface area (Å²) in [6.45, 7) is 4.69. The van der Waals surface area contributed by atoms with Gasteiger partial charge in [-0.15, -0.1) is 0 Å². The molecule has 0 bridgehead atoms. The molecule has 0 saturated heterocycles. The molecule has 0 radical (unpaired) electrons. The number of hydrogen-bond acceptors (Lipinski definition) is 4. The van der Waals surface area contributed by atoms with Crippen molar-refractivity contribution in [1.29, 1.82) is 0 Å². The smallest absolute Gasteiger partial charge is 0.143 e. The minimum absolute atomic E-state index is 0.193. The van der Waals surface area contributed by atoms with Crippen LogP contribution in [0.25, 0.3) is 33.4 Å². The standard InChI is InChI=1S/C25H24O4/c1-3-4-13-28-22-8-6-5-7-20(22)23-21-15-19(27)14-16(2)24(21)29-25(23)17-9-11-18(26)12-10-17/h5-12,14-15,26-27H,3-4,13H2,1-2H3. The summed E-state index contributed by atoms with van der Waals surface area (Å²) in [4.78, 5) is 0. The lowest BCUT2D eigenvalue weighted by Crippen LogP contribution is -1.98. The Morgan fingerprint density at radius 2 is 1.69 bits per heavy atom. The zero-order valence-corrected chi connectivity index (χ0v) is 16.6. The van der Waals surface area contributed by atoms with Crippen molar-refractivity contribution in [3.63, 3.8) is 0 Å². The van der Waals surface area contributed by atoms with E-state index in [0.29, 0.717) is 12.4 Å². The van der Waals surface area contributed by atoms with Gasteiger partial charge < -0.3 is 19.4 Å². The van der Waals surface area contributed by atoms with Gasteiger partial charge in [0.25, 0.3) is 0 Å². The molecule has 2 N–H and O–H groups in total. The molecule has 1 aromatic heterocycles. The van der Waals surface area contributed by atoms with Crippen LogP contribution in [0.4, 0.5) is 0 Å². The van der Waals surface area contributed by atoms with Crippen LogP contribution in [-0.2, 0) is 0 Å². The molecule has 0 amide bonds. The molecular weight excluding hydrogens is 364 g/mol. The average molecular weight is 388 g/mol. The van der Waals surface area contributed by atoms with E-state index in [-0.39, 0.29) is 11.5 Å². The Balaban J connectivity index is 1.98. The summed E-state index contributed by atoms with van der Waals surface area (Å²) in [5, 5.41) is 20.8. The van der Waals surface area contributed by atoms with E-state index in [2.05, 4.69) is 6.92 Å². The number of phenols is 2. The largest absolute Gasteiger partial charge is 0.508 e. The van der Waals surface area contributed by atoms with Crippen LogP contribution in [0.15, 0.2) is 65.1 Å². The van der Waals surface area contributed by atoms with E-state index in [0.717, 1.165) is 51.8 Å². The van der Waals surface area contributed by atoms with Crippen LogP contribution in [0.5, 0.6) is 17.2 Å². The number of benzene rings is 3. The van der Waals surface area contributed by atoms with Crippen molar-refractivity contribution in [2.45, 2.75) is 26.7 Å². The van der Waals surface area contributed by atoms with Crippen molar-refractivity contribution in [2.75, 3.05) is 6.61 Å². The molecule has 0 aliphatic rings. The monoisotopic (exact) mass is 388 g/mol. The number of para-hydroxylation sites is 1. The van der Waals surface area contributed by atoms with Crippen LogP contribution in [-0.4, -0.2) is 16.8 Å². The number of fused-ring (bicyclic) bond motifs is 1. The van der Waals surface area contributed by atoms with Crippen LogP contribution in [0.1, 0.15) is 25.3 Å². The van der Waals surface area contributed by atoms with Crippen LogP contribution in [0.3, 0.4) is 0 Å². The third-order valence-electron chi connectivity index (χ3n) is 5.00. The van der Waals surface area contributed by atoms with Crippen LogP contribution in [0.2, 0.25) is 0 Å².